The van der Waals surface area contributed by atoms with Gasteiger partial charge in [0.25, 0.3) is 0 Å². The van der Waals surface area contributed by atoms with Crippen LogP contribution in [0.15, 0.2) is 24.3 Å². The summed E-state index contributed by atoms with van der Waals surface area (Å²) in [6, 6.07) is 7.53. The highest BCUT2D eigenvalue weighted by Crippen LogP contribution is 2.23. The van der Waals surface area contributed by atoms with Crippen molar-refractivity contribution in [1.29, 1.82) is 0 Å². The average molecular weight is 222 g/mol. The molecular formula is C11H12ClN3. The van der Waals surface area contributed by atoms with E-state index in [0.29, 0.717) is 5.82 Å². The molecule has 0 amide bonds. The summed E-state index contributed by atoms with van der Waals surface area (Å²) in [5.41, 5.74) is 8.65. The number of hydrogen-bond donors (Lipinski definition) is 1. The standard InChI is InChI=1S/C11H12ClN3/c1-7-6-11(13)15(14-7)10-5-3-4-9(12)8(10)2/h3-6H,13H2,1-2H3. The van der Waals surface area contributed by atoms with Crippen LogP contribution in [0.2, 0.25) is 5.02 Å². The highest BCUT2D eigenvalue weighted by Gasteiger charge is 2.08. The minimum atomic E-state index is 0.623. The van der Waals surface area contributed by atoms with Crippen LogP contribution in [-0.2, 0) is 0 Å². The first kappa shape index (κ1) is 10.1. The minimum absolute atomic E-state index is 0.623. The molecule has 4 heteroatoms. The van der Waals surface area contributed by atoms with Gasteiger partial charge in [-0.3, -0.25) is 0 Å². The second kappa shape index (κ2) is 3.59. The molecule has 1 heterocycles. The van der Waals surface area contributed by atoms with E-state index < -0.39 is 0 Å². The zero-order valence-electron chi connectivity index (χ0n) is 8.66. The number of aromatic nitrogens is 2. The van der Waals surface area contributed by atoms with Crippen LogP contribution < -0.4 is 5.73 Å². The van der Waals surface area contributed by atoms with Gasteiger partial charge in [-0.2, -0.15) is 5.10 Å². The number of rotatable bonds is 1. The van der Waals surface area contributed by atoms with Crippen LogP contribution in [0.1, 0.15) is 11.3 Å². The molecule has 0 saturated heterocycles. The zero-order valence-corrected chi connectivity index (χ0v) is 9.42. The van der Waals surface area contributed by atoms with Gasteiger partial charge in [0.2, 0.25) is 0 Å². The maximum absolute atomic E-state index is 6.04. The monoisotopic (exact) mass is 221 g/mol. The molecule has 0 unspecified atom stereocenters. The lowest BCUT2D eigenvalue weighted by Gasteiger charge is -2.08. The SMILES string of the molecule is Cc1cc(N)n(-c2cccc(Cl)c2C)n1. The lowest BCUT2D eigenvalue weighted by atomic mass is 10.2. The van der Waals surface area contributed by atoms with Gasteiger partial charge in [0.15, 0.2) is 0 Å². The van der Waals surface area contributed by atoms with Crippen molar-refractivity contribution in [2.45, 2.75) is 13.8 Å². The Kier molecular flexibility index (Phi) is 2.40. The summed E-state index contributed by atoms with van der Waals surface area (Å²) in [5.74, 6) is 0.623. The molecule has 0 aliphatic rings. The molecule has 0 saturated carbocycles. The summed E-state index contributed by atoms with van der Waals surface area (Å²) in [4.78, 5) is 0. The smallest absolute Gasteiger partial charge is 0.127 e. The summed E-state index contributed by atoms with van der Waals surface area (Å²) in [5, 5.41) is 5.04. The Morgan fingerprint density at radius 2 is 2.07 bits per heavy atom. The molecule has 0 spiro atoms. The number of nitrogen functional groups attached to an aromatic ring is 1. The molecule has 0 fully saturated rings. The van der Waals surface area contributed by atoms with Crippen LogP contribution in [0.25, 0.3) is 5.69 Å². The summed E-state index contributed by atoms with van der Waals surface area (Å²) in [6.45, 7) is 3.86. The number of hydrogen-bond acceptors (Lipinski definition) is 2. The summed E-state index contributed by atoms with van der Waals surface area (Å²) in [7, 11) is 0. The molecule has 0 radical (unpaired) electrons. The number of aryl methyl sites for hydroxylation is 1. The van der Waals surface area contributed by atoms with Crippen molar-refractivity contribution in [3.05, 3.63) is 40.5 Å². The Morgan fingerprint density at radius 1 is 1.33 bits per heavy atom. The van der Waals surface area contributed by atoms with E-state index in [0.717, 1.165) is 22.0 Å². The first-order chi connectivity index (χ1) is 7.09. The van der Waals surface area contributed by atoms with Gasteiger partial charge in [-0.15, -0.1) is 0 Å². The van der Waals surface area contributed by atoms with Crippen LogP contribution >= 0.6 is 11.6 Å². The minimum Gasteiger partial charge on any atom is -0.384 e. The van der Waals surface area contributed by atoms with E-state index in [1.54, 1.807) is 4.68 Å². The number of benzene rings is 1. The van der Waals surface area contributed by atoms with Crippen LogP contribution in [-0.4, -0.2) is 9.78 Å². The van der Waals surface area contributed by atoms with Crippen LogP contribution in [0.4, 0.5) is 5.82 Å². The molecular weight excluding hydrogens is 210 g/mol. The fraction of sp³-hybridized carbons (Fsp3) is 0.182. The Balaban J connectivity index is 2.64. The number of halogens is 1. The fourth-order valence-corrected chi connectivity index (χ4v) is 1.71. The first-order valence-corrected chi connectivity index (χ1v) is 5.05. The van der Waals surface area contributed by atoms with Crippen molar-refractivity contribution in [2.24, 2.45) is 0 Å². The summed E-state index contributed by atoms with van der Waals surface area (Å²) >= 11 is 6.04. The summed E-state index contributed by atoms with van der Waals surface area (Å²) in [6.07, 6.45) is 0. The predicted molar refractivity (Wildman–Crippen MR) is 62.5 cm³/mol. The third-order valence-corrected chi connectivity index (χ3v) is 2.74. The van der Waals surface area contributed by atoms with E-state index in [2.05, 4.69) is 5.10 Å². The second-order valence-electron chi connectivity index (χ2n) is 3.51. The Morgan fingerprint density at radius 3 is 2.67 bits per heavy atom. The molecule has 3 nitrogen and oxygen atoms in total. The lowest BCUT2D eigenvalue weighted by molar-refractivity contribution is 0.865. The van der Waals surface area contributed by atoms with Gasteiger partial charge < -0.3 is 5.73 Å². The molecule has 2 N–H and O–H groups in total. The maximum atomic E-state index is 6.04. The van der Waals surface area contributed by atoms with Crippen molar-refractivity contribution in [1.82, 2.24) is 9.78 Å². The molecule has 2 rings (SSSR count). The summed E-state index contributed by atoms with van der Waals surface area (Å²) < 4.78 is 1.70. The van der Waals surface area contributed by atoms with E-state index in [9.17, 15) is 0 Å². The number of anilines is 1. The molecule has 0 atom stereocenters. The first-order valence-electron chi connectivity index (χ1n) is 4.67. The van der Waals surface area contributed by atoms with Crippen LogP contribution in [0.5, 0.6) is 0 Å². The topological polar surface area (TPSA) is 43.8 Å². The van der Waals surface area contributed by atoms with Crippen LogP contribution in [0, 0.1) is 13.8 Å². The van der Waals surface area contributed by atoms with Crippen molar-refractivity contribution >= 4 is 17.4 Å². The van der Waals surface area contributed by atoms with E-state index in [-0.39, 0.29) is 0 Å². The third kappa shape index (κ3) is 1.70. The van der Waals surface area contributed by atoms with Gasteiger partial charge >= 0.3 is 0 Å². The van der Waals surface area contributed by atoms with Crippen molar-refractivity contribution in [3.63, 3.8) is 0 Å². The molecule has 0 aliphatic carbocycles. The van der Waals surface area contributed by atoms with Gasteiger partial charge in [-0.1, -0.05) is 17.7 Å². The molecule has 2 aromatic rings. The number of nitrogens with zero attached hydrogens (tertiary/aromatic N) is 2. The van der Waals surface area contributed by atoms with E-state index in [1.165, 1.54) is 0 Å². The third-order valence-electron chi connectivity index (χ3n) is 2.33. The van der Waals surface area contributed by atoms with Gasteiger partial charge in [-0.25, -0.2) is 4.68 Å². The molecule has 78 valence electrons. The molecule has 1 aromatic carbocycles. The van der Waals surface area contributed by atoms with Crippen molar-refractivity contribution < 1.29 is 0 Å². The van der Waals surface area contributed by atoms with Crippen molar-refractivity contribution in [2.75, 3.05) is 5.73 Å². The molecule has 0 bridgehead atoms. The normalized spacial score (nSPS) is 10.6. The number of nitrogens with two attached hydrogens (primary N) is 1. The van der Waals surface area contributed by atoms with Gasteiger partial charge in [0, 0.05) is 11.1 Å². The quantitative estimate of drug-likeness (QED) is 0.805. The van der Waals surface area contributed by atoms with Crippen molar-refractivity contribution in [3.8, 4) is 5.69 Å². The van der Waals surface area contributed by atoms with Crippen LogP contribution in [0.3, 0.4) is 0 Å². The second-order valence-corrected chi connectivity index (χ2v) is 3.91. The molecule has 1 aromatic heterocycles. The van der Waals surface area contributed by atoms with E-state index >= 15 is 0 Å². The van der Waals surface area contributed by atoms with E-state index in [4.69, 9.17) is 17.3 Å². The Bertz CT molecular complexity index is 503. The zero-order chi connectivity index (χ0) is 11.0. The van der Waals surface area contributed by atoms with E-state index in [1.807, 2.05) is 38.1 Å². The van der Waals surface area contributed by atoms with Gasteiger partial charge in [0.05, 0.1) is 11.4 Å². The average Bonchev–Trinajstić information content (AvgIpc) is 2.50. The predicted octanol–water partition coefficient (Wildman–Crippen LogP) is 2.72. The highest BCUT2D eigenvalue weighted by molar-refractivity contribution is 6.31. The Hall–Kier alpha value is -1.48. The molecule has 15 heavy (non-hydrogen) atoms. The largest absolute Gasteiger partial charge is 0.384 e. The lowest BCUT2D eigenvalue weighted by Crippen LogP contribution is -2.03. The Labute approximate surface area is 93.5 Å². The van der Waals surface area contributed by atoms with Gasteiger partial charge in [0.1, 0.15) is 5.82 Å². The molecule has 0 aliphatic heterocycles. The fourth-order valence-electron chi connectivity index (χ4n) is 1.54. The highest BCUT2D eigenvalue weighted by atomic mass is 35.5. The van der Waals surface area contributed by atoms with Gasteiger partial charge in [-0.05, 0) is 31.5 Å². The maximum Gasteiger partial charge on any atom is 0.127 e.